The van der Waals surface area contributed by atoms with Gasteiger partial charge in [0, 0.05) is 17.2 Å². The highest BCUT2D eigenvalue weighted by Crippen LogP contribution is 2.31. The molecule has 6 heteroatoms. The summed E-state index contributed by atoms with van der Waals surface area (Å²) in [5.41, 5.74) is 1.97. The van der Waals surface area contributed by atoms with Crippen LogP contribution in [-0.4, -0.2) is 20.9 Å². The Kier molecular flexibility index (Phi) is 3.57. The van der Waals surface area contributed by atoms with E-state index in [1.165, 1.54) is 24.3 Å². The van der Waals surface area contributed by atoms with Crippen molar-refractivity contribution in [3.8, 4) is 11.5 Å². The Morgan fingerprint density at radius 1 is 1.09 bits per heavy atom. The second kappa shape index (κ2) is 5.57. The number of nitrogens with zero attached hydrogens (tertiary/aromatic N) is 1. The fraction of sp³-hybridized carbons (Fsp3) is 0.118. The Balaban J connectivity index is 1.98. The maximum absolute atomic E-state index is 12.5. The fourth-order valence-electron chi connectivity index (χ4n) is 2.68. The van der Waals surface area contributed by atoms with Crippen LogP contribution in [0.2, 0.25) is 0 Å². The Labute approximate surface area is 131 Å². The van der Waals surface area contributed by atoms with Crippen LogP contribution in [0.25, 0.3) is 6.08 Å². The minimum atomic E-state index is -0.669. The third-order valence-corrected chi connectivity index (χ3v) is 3.83. The lowest BCUT2D eigenvalue weighted by Gasteiger charge is -2.17. The second-order valence-electron chi connectivity index (χ2n) is 5.35. The summed E-state index contributed by atoms with van der Waals surface area (Å²) < 4.78 is 0. The number of nitro benzene ring substituents is 1. The van der Waals surface area contributed by atoms with E-state index in [0.717, 1.165) is 5.56 Å². The topological polar surface area (TPSA) is 101 Å². The number of phenolic OH excluding ortho intramolecular Hbond substituents is 2. The van der Waals surface area contributed by atoms with Crippen molar-refractivity contribution >= 4 is 17.5 Å². The zero-order valence-electron chi connectivity index (χ0n) is 12.0. The molecular weight excluding hydrogens is 298 g/mol. The summed E-state index contributed by atoms with van der Waals surface area (Å²) in [6.07, 6.45) is 2.70. The zero-order chi connectivity index (χ0) is 16.6. The first-order chi connectivity index (χ1) is 11.0. The molecule has 0 saturated heterocycles. The van der Waals surface area contributed by atoms with Crippen LogP contribution in [0, 0.1) is 10.1 Å². The maximum atomic E-state index is 12.5. The maximum Gasteiger partial charge on any atom is 0.311 e. The lowest BCUT2D eigenvalue weighted by atomic mass is 9.86. The molecule has 2 N–H and O–H groups in total. The van der Waals surface area contributed by atoms with Gasteiger partial charge in [-0.15, -0.1) is 0 Å². The van der Waals surface area contributed by atoms with E-state index in [1.807, 2.05) is 0 Å². The monoisotopic (exact) mass is 311 g/mol. The van der Waals surface area contributed by atoms with Crippen LogP contribution in [0.4, 0.5) is 5.69 Å². The van der Waals surface area contributed by atoms with Crippen LogP contribution < -0.4 is 0 Å². The number of aromatic hydroxyl groups is 2. The molecule has 0 heterocycles. The van der Waals surface area contributed by atoms with Crippen molar-refractivity contribution in [1.82, 2.24) is 0 Å². The van der Waals surface area contributed by atoms with E-state index >= 15 is 0 Å². The van der Waals surface area contributed by atoms with Crippen molar-refractivity contribution < 1.29 is 19.9 Å². The molecule has 23 heavy (non-hydrogen) atoms. The van der Waals surface area contributed by atoms with Crippen molar-refractivity contribution in [1.29, 1.82) is 0 Å². The van der Waals surface area contributed by atoms with Crippen molar-refractivity contribution in [2.75, 3.05) is 0 Å². The predicted octanol–water partition coefficient (Wildman–Crippen LogP) is 3.22. The van der Waals surface area contributed by atoms with Gasteiger partial charge in [-0.1, -0.05) is 6.07 Å². The molecule has 0 saturated carbocycles. The first-order valence-corrected chi connectivity index (χ1v) is 7.00. The Hall–Kier alpha value is -3.15. The number of phenols is 2. The van der Waals surface area contributed by atoms with Gasteiger partial charge in [-0.25, -0.2) is 0 Å². The average Bonchev–Trinajstić information content (AvgIpc) is 2.51. The highest BCUT2D eigenvalue weighted by Gasteiger charge is 2.22. The van der Waals surface area contributed by atoms with E-state index in [2.05, 4.69) is 0 Å². The number of carbonyl (C=O) groups excluding carboxylic acids is 1. The molecule has 0 atom stereocenters. The van der Waals surface area contributed by atoms with E-state index < -0.39 is 16.4 Å². The number of fused-ring (bicyclic) bond motifs is 1. The molecule has 0 fully saturated rings. The quantitative estimate of drug-likeness (QED) is 0.504. The van der Waals surface area contributed by atoms with E-state index in [1.54, 1.807) is 18.2 Å². The molecule has 116 valence electrons. The van der Waals surface area contributed by atoms with Gasteiger partial charge in [0.05, 0.1) is 4.92 Å². The summed E-state index contributed by atoms with van der Waals surface area (Å²) in [5, 5.41) is 29.8. The van der Waals surface area contributed by atoms with Gasteiger partial charge in [0.2, 0.25) is 0 Å². The number of carbonyl (C=O) groups is 1. The average molecular weight is 311 g/mol. The third-order valence-electron chi connectivity index (χ3n) is 3.83. The molecule has 1 aliphatic rings. The Bertz CT molecular complexity index is 854. The van der Waals surface area contributed by atoms with Crippen LogP contribution >= 0.6 is 0 Å². The molecule has 0 amide bonds. The summed E-state index contributed by atoms with van der Waals surface area (Å²) >= 11 is 0. The van der Waals surface area contributed by atoms with Gasteiger partial charge in [-0.3, -0.25) is 14.9 Å². The van der Waals surface area contributed by atoms with Crippen LogP contribution in [0.5, 0.6) is 11.5 Å². The SMILES string of the molecule is O=C1C(=Cc2ccc(O)c([N+](=O)[O-])c2)CCc2cc(O)ccc21. The minimum absolute atomic E-state index is 0.123. The molecule has 6 nitrogen and oxygen atoms in total. The van der Waals surface area contributed by atoms with Crippen LogP contribution in [0.3, 0.4) is 0 Å². The van der Waals surface area contributed by atoms with Gasteiger partial charge in [-0.05, 0) is 54.3 Å². The molecule has 3 rings (SSSR count). The molecule has 2 aromatic rings. The van der Waals surface area contributed by atoms with E-state index in [0.29, 0.717) is 29.5 Å². The molecule has 0 unspecified atom stereocenters. The van der Waals surface area contributed by atoms with Crippen molar-refractivity contribution in [3.63, 3.8) is 0 Å². The first-order valence-electron chi connectivity index (χ1n) is 7.00. The number of ketones is 1. The van der Waals surface area contributed by atoms with E-state index in [9.17, 15) is 25.1 Å². The first kappa shape index (κ1) is 14.8. The Morgan fingerprint density at radius 2 is 1.87 bits per heavy atom. The van der Waals surface area contributed by atoms with E-state index in [-0.39, 0.29) is 11.5 Å². The normalized spacial score (nSPS) is 15.5. The summed E-state index contributed by atoms with van der Waals surface area (Å²) in [6.45, 7) is 0. The number of nitro groups is 1. The van der Waals surface area contributed by atoms with Crippen molar-refractivity contribution in [2.45, 2.75) is 12.8 Å². The number of benzene rings is 2. The molecule has 2 aromatic carbocycles. The van der Waals surface area contributed by atoms with E-state index in [4.69, 9.17) is 0 Å². The highest BCUT2D eigenvalue weighted by molar-refractivity contribution is 6.13. The smallest absolute Gasteiger partial charge is 0.311 e. The van der Waals surface area contributed by atoms with Crippen LogP contribution in [-0.2, 0) is 6.42 Å². The van der Waals surface area contributed by atoms with Crippen LogP contribution in [0.1, 0.15) is 27.9 Å². The number of allylic oxidation sites excluding steroid dienone is 1. The van der Waals surface area contributed by atoms with Gasteiger partial charge in [0.15, 0.2) is 11.5 Å². The van der Waals surface area contributed by atoms with Crippen molar-refractivity contribution in [2.24, 2.45) is 0 Å². The number of aryl methyl sites for hydroxylation is 1. The molecule has 0 aromatic heterocycles. The van der Waals surface area contributed by atoms with Gasteiger partial charge in [-0.2, -0.15) is 0 Å². The van der Waals surface area contributed by atoms with Gasteiger partial charge >= 0.3 is 5.69 Å². The number of hydrogen-bond donors (Lipinski definition) is 2. The van der Waals surface area contributed by atoms with Gasteiger partial charge in [0.25, 0.3) is 0 Å². The standard InChI is InChI=1S/C17H13NO5/c19-13-4-5-14-11(9-13)2-3-12(17(14)21)7-10-1-6-16(20)15(8-10)18(22)23/h1,4-9,19-20H,2-3H2. The molecule has 0 aliphatic heterocycles. The molecule has 1 aliphatic carbocycles. The molecule has 0 radical (unpaired) electrons. The molecular formula is C17H13NO5. The van der Waals surface area contributed by atoms with Gasteiger partial charge < -0.3 is 10.2 Å². The minimum Gasteiger partial charge on any atom is -0.508 e. The molecule has 0 spiro atoms. The third kappa shape index (κ3) is 2.78. The fourth-order valence-corrected chi connectivity index (χ4v) is 2.68. The second-order valence-corrected chi connectivity index (χ2v) is 5.35. The lowest BCUT2D eigenvalue weighted by Crippen LogP contribution is -2.13. The number of rotatable bonds is 2. The summed E-state index contributed by atoms with van der Waals surface area (Å²) in [5.74, 6) is -0.437. The van der Waals surface area contributed by atoms with Gasteiger partial charge in [0.1, 0.15) is 5.75 Å². The largest absolute Gasteiger partial charge is 0.508 e. The predicted molar refractivity (Wildman–Crippen MR) is 83.5 cm³/mol. The summed E-state index contributed by atoms with van der Waals surface area (Å²) in [4.78, 5) is 22.7. The zero-order valence-corrected chi connectivity index (χ0v) is 12.0. The number of Topliss-reactive ketones (excluding diaryl/α,β-unsaturated/α-hetero) is 1. The lowest BCUT2D eigenvalue weighted by molar-refractivity contribution is -0.385. The number of hydrogen-bond acceptors (Lipinski definition) is 5. The van der Waals surface area contributed by atoms with Crippen LogP contribution in [0.15, 0.2) is 42.0 Å². The van der Waals surface area contributed by atoms with Crippen molar-refractivity contribution in [3.05, 3.63) is 68.8 Å². The summed E-state index contributed by atoms with van der Waals surface area (Å²) in [7, 11) is 0. The Morgan fingerprint density at radius 3 is 2.61 bits per heavy atom. The summed E-state index contributed by atoms with van der Waals surface area (Å²) in [6, 6.07) is 8.63. The molecule has 0 bridgehead atoms. The highest BCUT2D eigenvalue weighted by atomic mass is 16.6.